The van der Waals surface area contributed by atoms with Crippen LogP contribution in [0.1, 0.15) is 11.4 Å². The quantitative estimate of drug-likeness (QED) is 0.506. The van der Waals surface area contributed by atoms with Crippen molar-refractivity contribution >= 4 is 18.4 Å². The van der Waals surface area contributed by atoms with Crippen LogP contribution in [0.5, 0.6) is 0 Å². The number of hydrogen-bond acceptors (Lipinski definition) is 4. The van der Waals surface area contributed by atoms with E-state index in [-0.39, 0.29) is 5.84 Å². The highest BCUT2D eigenvalue weighted by Gasteiger charge is 2.02. The van der Waals surface area contributed by atoms with Gasteiger partial charge in [-0.3, -0.25) is 9.97 Å². The molecule has 2 aromatic rings. The summed E-state index contributed by atoms with van der Waals surface area (Å²) in [5.41, 5.74) is 6.90. The molecule has 0 saturated heterocycles. The molecule has 19 heavy (non-hydrogen) atoms. The van der Waals surface area contributed by atoms with Crippen LogP contribution in [0, 0.1) is 0 Å². The van der Waals surface area contributed by atoms with Crippen LogP contribution in [0.3, 0.4) is 0 Å². The summed E-state index contributed by atoms with van der Waals surface area (Å²) in [6.45, 7) is 3.44. The van der Waals surface area contributed by atoms with Crippen LogP contribution in [0.2, 0.25) is 0 Å². The Morgan fingerprint density at radius 1 is 0.947 bits per heavy atom. The minimum Gasteiger partial charge on any atom is -0.380 e. The van der Waals surface area contributed by atoms with E-state index >= 15 is 0 Å². The smallest absolute Gasteiger partial charge is 0.199 e. The Balaban J connectivity index is 2.27. The molecule has 6 heteroatoms. The summed E-state index contributed by atoms with van der Waals surface area (Å²) in [5.74, 6) is 0.511. The Labute approximate surface area is 110 Å². The molecule has 2 heterocycles. The summed E-state index contributed by atoms with van der Waals surface area (Å²) >= 11 is 0. The lowest BCUT2D eigenvalue weighted by atomic mass is 10.3. The third kappa shape index (κ3) is 3.29. The average Bonchev–Trinajstić information content (AvgIpc) is 2.49. The zero-order chi connectivity index (χ0) is 13.5. The van der Waals surface area contributed by atoms with Crippen LogP contribution in [-0.2, 0) is 0 Å². The first-order valence-corrected chi connectivity index (χ1v) is 5.52. The molecule has 0 aliphatic rings. The summed E-state index contributed by atoms with van der Waals surface area (Å²) in [5, 5.41) is 7.82. The van der Waals surface area contributed by atoms with Gasteiger partial charge in [0.25, 0.3) is 0 Å². The zero-order valence-electron chi connectivity index (χ0n) is 10.1. The maximum absolute atomic E-state index is 5.77. The van der Waals surface area contributed by atoms with Gasteiger partial charge in [0.15, 0.2) is 11.7 Å². The second-order valence-corrected chi connectivity index (χ2v) is 3.50. The normalized spacial score (nSPS) is 12.2. The van der Waals surface area contributed by atoms with Crippen molar-refractivity contribution in [3.63, 3.8) is 0 Å². The number of amidine groups is 2. The van der Waals surface area contributed by atoms with E-state index in [0.717, 1.165) is 0 Å². The van der Waals surface area contributed by atoms with Gasteiger partial charge in [0, 0.05) is 12.4 Å². The summed E-state index contributed by atoms with van der Waals surface area (Å²) in [4.78, 5) is 12.0. The molecule has 2 rings (SSSR count). The van der Waals surface area contributed by atoms with E-state index < -0.39 is 0 Å². The highest BCUT2D eigenvalue weighted by Crippen LogP contribution is 1.99. The lowest BCUT2D eigenvalue weighted by molar-refractivity contribution is 1.16. The molecule has 0 spiro atoms. The van der Waals surface area contributed by atoms with E-state index in [4.69, 9.17) is 5.73 Å². The van der Waals surface area contributed by atoms with Gasteiger partial charge >= 0.3 is 0 Å². The predicted octanol–water partition coefficient (Wildman–Crippen LogP) is 1.24. The number of hydrogen-bond donors (Lipinski definition) is 1. The van der Waals surface area contributed by atoms with E-state index in [9.17, 15) is 0 Å². The van der Waals surface area contributed by atoms with E-state index in [1.165, 1.54) is 0 Å². The van der Waals surface area contributed by atoms with Gasteiger partial charge in [0.1, 0.15) is 11.4 Å². The van der Waals surface area contributed by atoms with E-state index in [0.29, 0.717) is 17.2 Å². The molecule has 0 amide bonds. The number of aliphatic imine (C=N–C) groups is 1. The topological polar surface area (TPSA) is 88.9 Å². The SMILES string of the molecule is C=N/C(=N\N=C(/N)c1ccccn1)c1ccccn1. The Hall–Kier alpha value is -2.89. The number of aromatic nitrogens is 2. The molecule has 0 aliphatic carbocycles. The van der Waals surface area contributed by atoms with Crippen molar-refractivity contribution in [3.05, 3.63) is 60.2 Å². The predicted molar refractivity (Wildman–Crippen MR) is 75.3 cm³/mol. The molecule has 0 aromatic carbocycles. The van der Waals surface area contributed by atoms with Gasteiger partial charge in [0.2, 0.25) is 0 Å². The van der Waals surface area contributed by atoms with Crippen molar-refractivity contribution in [2.75, 3.05) is 0 Å². The zero-order valence-corrected chi connectivity index (χ0v) is 10.1. The molecule has 0 aliphatic heterocycles. The molecule has 2 aromatic heterocycles. The van der Waals surface area contributed by atoms with E-state index in [2.05, 4.69) is 31.9 Å². The first-order chi connectivity index (χ1) is 9.31. The third-order valence-corrected chi connectivity index (χ3v) is 2.22. The average molecular weight is 252 g/mol. The molecule has 0 atom stereocenters. The summed E-state index contributed by atoms with van der Waals surface area (Å²) < 4.78 is 0. The Kier molecular flexibility index (Phi) is 4.07. The van der Waals surface area contributed by atoms with Crippen molar-refractivity contribution in [1.29, 1.82) is 0 Å². The molecule has 94 valence electrons. The highest BCUT2D eigenvalue weighted by atomic mass is 15.3. The molecular formula is C13H12N6. The molecule has 0 saturated carbocycles. The fourth-order valence-electron chi connectivity index (χ4n) is 1.33. The molecule has 2 N–H and O–H groups in total. The van der Waals surface area contributed by atoms with Crippen LogP contribution in [0.4, 0.5) is 0 Å². The third-order valence-electron chi connectivity index (χ3n) is 2.22. The van der Waals surface area contributed by atoms with Gasteiger partial charge in [-0.2, -0.15) is 0 Å². The van der Waals surface area contributed by atoms with Crippen LogP contribution in [0.25, 0.3) is 0 Å². The molecule has 0 bridgehead atoms. The maximum atomic E-state index is 5.77. The molecule has 0 radical (unpaired) electrons. The first-order valence-electron chi connectivity index (χ1n) is 5.52. The highest BCUT2D eigenvalue weighted by molar-refractivity contribution is 6.01. The Morgan fingerprint density at radius 2 is 1.58 bits per heavy atom. The van der Waals surface area contributed by atoms with Crippen LogP contribution >= 0.6 is 0 Å². The number of nitrogens with zero attached hydrogens (tertiary/aromatic N) is 5. The van der Waals surface area contributed by atoms with Crippen LogP contribution in [-0.4, -0.2) is 28.4 Å². The monoisotopic (exact) mass is 252 g/mol. The van der Waals surface area contributed by atoms with Crippen LogP contribution in [0.15, 0.2) is 64.0 Å². The van der Waals surface area contributed by atoms with Gasteiger partial charge in [-0.05, 0) is 31.0 Å². The molecule has 0 unspecified atom stereocenters. The lowest BCUT2D eigenvalue weighted by Gasteiger charge is -1.98. The minimum absolute atomic E-state index is 0.206. The Bertz CT molecular complexity index is 604. The van der Waals surface area contributed by atoms with Crippen molar-refractivity contribution in [2.45, 2.75) is 0 Å². The van der Waals surface area contributed by atoms with E-state index in [1.54, 1.807) is 36.7 Å². The van der Waals surface area contributed by atoms with Gasteiger partial charge in [-0.15, -0.1) is 10.2 Å². The summed E-state index contributed by atoms with van der Waals surface area (Å²) in [7, 11) is 0. The van der Waals surface area contributed by atoms with Gasteiger partial charge in [-0.25, -0.2) is 4.99 Å². The van der Waals surface area contributed by atoms with Gasteiger partial charge in [0.05, 0.1) is 0 Å². The van der Waals surface area contributed by atoms with Gasteiger partial charge in [-0.1, -0.05) is 12.1 Å². The van der Waals surface area contributed by atoms with Crippen molar-refractivity contribution in [1.82, 2.24) is 9.97 Å². The standard InChI is InChI=1S/C13H12N6/c1-15-13(11-7-3-5-9-17-11)19-18-12(14)10-6-2-4-8-16-10/h2-9H,1H2,(H2,14,18)/b19-13-. The molecular weight excluding hydrogens is 240 g/mol. The minimum atomic E-state index is 0.206. The Morgan fingerprint density at radius 3 is 2.11 bits per heavy atom. The second-order valence-electron chi connectivity index (χ2n) is 3.50. The first kappa shape index (κ1) is 12.6. The number of pyridine rings is 2. The van der Waals surface area contributed by atoms with Gasteiger partial charge < -0.3 is 5.73 Å². The van der Waals surface area contributed by atoms with Crippen molar-refractivity contribution in [3.8, 4) is 0 Å². The van der Waals surface area contributed by atoms with Crippen LogP contribution < -0.4 is 5.73 Å². The second kappa shape index (κ2) is 6.15. The number of nitrogens with two attached hydrogens (primary N) is 1. The number of rotatable bonds is 3. The van der Waals surface area contributed by atoms with Crippen molar-refractivity contribution in [2.24, 2.45) is 20.9 Å². The van der Waals surface area contributed by atoms with Crippen molar-refractivity contribution < 1.29 is 0 Å². The fraction of sp³-hybridized carbons (Fsp3) is 0. The fourth-order valence-corrected chi connectivity index (χ4v) is 1.33. The van der Waals surface area contributed by atoms with E-state index in [1.807, 2.05) is 12.1 Å². The molecule has 0 fully saturated rings. The largest absolute Gasteiger partial charge is 0.380 e. The molecule has 6 nitrogen and oxygen atoms in total. The summed E-state index contributed by atoms with van der Waals surface area (Å²) in [6, 6.07) is 10.8. The lowest BCUT2D eigenvalue weighted by Crippen LogP contribution is -2.14. The maximum Gasteiger partial charge on any atom is 0.199 e. The summed E-state index contributed by atoms with van der Waals surface area (Å²) in [6.07, 6.45) is 3.27.